The number of hydrogen-bond acceptors (Lipinski definition) is 9. The third-order valence-electron chi connectivity index (χ3n) is 5.51. The van der Waals surface area contributed by atoms with E-state index in [0.29, 0.717) is 43.4 Å². The van der Waals surface area contributed by atoms with E-state index in [9.17, 15) is 0 Å². The van der Waals surface area contributed by atoms with Crippen LogP contribution in [0.3, 0.4) is 0 Å². The van der Waals surface area contributed by atoms with Gasteiger partial charge in [-0.25, -0.2) is 0 Å². The van der Waals surface area contributed by atoms with E-state index in [1.807, 2.05) is 12.1 Å². The van der Waals surface area contributed by atoms with Crippen molar-refractivity contribution in [2.75, 3.05) is 41.8 Å². The Bertz CT molecular complexity index is 1020. The Balaban J connectivity index is 1.35. The van der Waals surface area contributed by atoms with E-state index in [1.54, 1.807) is 0 Å². The molecule has 0 amide bonds. The van der Waals surface area contributed by atoms with Crippen molar-refractivity contribution in [1.29, 1.82) is 0 Å². The van der Waals surface area contributed by atoms with Crippen molar-refractivity contribution < 1.29 is 9.26 Å². The molecule has 0 unspecified atom stereocenters. The van der Waals surface area contributed by atoms with E-state index in [-0.39, 0.29) is 0 Å². The van der Waals surface area contributed by atoms with Crippen molar-refractivity contribution in [3.05, 3.63) is 35.3 Å². The van der Waals surface area contributed by atoms with Crippen LogP contribution in [0.5, 0.6) is 0 Å². The Labute approximate surface area is 180 Å². The van der Waals surface area contributed by atoms with E-state index >= 15 is 0 Å². The number of H-pyrrole nitrogens is 1. The van der Waals surface area contributed by atoms with E-state index in [2.05, 4.69) is 55.8 Å². The molecule has 3 N–H and O–H groups in total. The molecule has 4 heterocycles. The van der Waals surface area contributed by atoms with Gasteiger partial charge in [0.25, 0.3) is 0 Å². The summed E-state index contributed by atoms with van der Waals surface area (Å²) in [6.45, 7) is 7.61. The van der Waals surface area contributed by atoms with Gasteiger partial charge < -0.3 is 24.8 Å². The Hall–Kier alpha value is -3.14. The summed E-state index contributed by atoms with van der Waals surface area (Å²) in [6, 6.07) is 5.97. The van der Waals surface area contributed by atoms with Crippen molar-refractivity contribution in [2.45, 2.75) is 45.1 Å². The fraction of sp³-hybridized carbons (Fsp3) is 0.524. The number of nitrogens with one attached hydrogen (secondary N) is 3. The number of aromatic amines is 1. The standard InChI is InChI=1S/C21H28N8O2/c1-13(2)16-9-15(31-28-16)12-22-21-24-18(11-20(25-21)29-5-7-30-8-6-29)23-19-10-17(26-27-19)14-3-4-14/h9-11,13-14H,3-8,12H2,1-2H3,(H3,22,23,24,25,26,27). The zero-order valence-corrected chi connectivity index (χ0v) is 17.9. The van der Waals surface area contributed by atoms with Crippen LogP contribution in [0.2, 0.25) is 0 Å². The van der Waals surface area contributed by atoms with Gasteiger partial charge in [-0.1, -0.05) is 19.0 Å². The van der Waals surface area contributed by atoms with E-state index in [1.165, 1.54) is 18.5 Å². The molecule has 164 valence electrons. The summed E-state index contributed by atoms with van der Waals surface area (Å²) in [5.41, 5.74) is 2.11. The Morgan fingerprint density at radius 3 is 2.71 bits per heavy atom. The molecule has 0 bridgehead atoms. The molecule has 5 rings (SSSR count). The summed E-state index contributed by atoms with van der Waals surface area (Å²) >= 11 is 0. The van der Waals surface area contributed by atoms with Crippen molar-refractivity contribution in [3.8, 4) is 0 Å². The van der Waals surface area contributed by atoms with Gasteiger partial charge in [-0.05, 0) is 18.8 Å². The monoisotopic (exact) mass is 424 g/mol. The SMILES string of the molecule is CC(C)c1cc(CNc2nc(Nc3cc(C4CC4)[nH]n3)cc(N3CCOCC3)n2)on1. The molecule has 10 nitrogen and oxygen atoms in total. The normalized spacial score (nSPS) is 16.7. The summed E-state index contributed by atoms with van der Waals surface area (Å²) in [7, 11) is 0. The number of morpholine rings is 1. The molecule has 1 aliphatic carbocycles. The van der Waals surface area contributed by atoms with Crippen molar-refractivity contribution in [2.24, 2.45) is 0 Å². The third-order valence-corrected chi connectivity index (χ3v) is 5.51. The van der Waals surface area contributed by atoms with Crippen LogP contribution in [-0.2, 0) is 11.3 Å². The summed E-state index contributed by atoms with van der Waals surface area (Å²) in [6.07, 6.45) is 2.45. The first-order chi connectivity index (χ1) is 15.1. The molecule has 0 atom stereocenters. The Kier molecular flexibility index (Phi) is 5.46. The molecular formula is C21H28N8O2. The van der Waals surface area contributed by atoms with Crippen molar-refractivity contribution in [1.82, 2.24) is 25.3 Å². The highest BCUT2D eigenvalue weighted by molar-refractivity contribution is 5.60. The number of aromatic nitrogens is 5. The second kappa shape index (κ2) is 8.54. The van der Waals surface area contributed by atoms with Crippen LogP contribution in [0.1, 0.15) is 55.7 Å². The van der Waals surface area contributed by atoms with Crippen molar-refractivity contribution in [3.63, 3.8) is 0 Å². The van der Waals surface area contributed by atoms with Gasteiger partial charge in [0.2, 0.25) is 5.95 Å². The summed E-state index contributed by atoms with van der Waals surface area (Å²) in [5.74, 6) is 4.51. The molecule has 0 aromatic carbocycles. The molecule has 1 saturated carbocycles. The molecule has 1 saturated heterocycles. The maximum Gasteiger partial charge on any atom is 0.227 e. The molecule has 2 aliphatic rings. The number of hydrogen-bond donors (Lipinski definition) is 3. The van der Waals surface area contributed by atoms with Gasteiger partial charge in [0.15, 0.2) is 11.6 Å². The predicted molar refractivity (Wildman–Crippen MR) is 117 cm³/mol. The lowest BCUT2D eigenvalue weighted by molar-refractivity contribution is 0.122. The summed E-state index contributed by atoms with van der Waals surface area (Å²) < 4.78 is 10.9. The van der Waals surface area contributed by atoms with Crippen LogP contribution in [0.25, 0.3) is 0 Å². The van der Waals surface area contributed by atoms with E-state index in [0.717, 1.165) is 36.2 Å². The van der Waals surface area contributed by atoms with Gasteiger partial charge in [0, 0.05) is 42.9 Å². The molecule has 2 fully saturated rings. The molecule has 0 spiro atoms. The molecule has 0 radical (unpaired) electrons. The minimum atomic E-state index is 0.323. The number of nitrogens with zero attached hydrogens (tertiary/aromatic N) is 5. The van der Waals surface area contributed by atoms with Gasteiger partial charge in [-0.2, -0.15) is 15.1 Å². The molecule has 31 heavy (non-hydrogen) atoms. The fourth-order valence-electron chi connectivity index (χ4n) is 3.52. The van der Waals surface area contributed by atoms with Gasteiger partial charge in [0.1, 0.15) is 11.6 Å². The largest absolute Gasteiger partial charge is 0.378 e. The average Bonchev–Trinajstić information content (AvgIpc) is 3.33. The van der Waals surface area contributed by atoms with Gasteiger partial charge >= 0.3 is 0 Å². The second-order valence-corrected chi connectivity index (χ2v) is 8.37. The molecular weight excluding hydrogens is 396 g/mol. The Morgan fingerprint density at radius 1 is 1.13 bits per heavy atom. The minimum absolute atomic E-state index is 0.323. The predicted octanol–water partition coefficient (Wildman–Crippen LogP) is 3.38. The fourth-order valence-corrected chi connectivity index (χ4v) is 3.52. The topological polar surface area (TPSA) is 117 Å². The Morgan fingerprint density at radius 2 is 1.97 bits per heavy atom. The molecule has 10 heteroatoms. The van der Waals surface area contributed by atoms with Gasteiger partial charge in [-0.3, -0.25) is 5.10 Å². The number of ether oxygens (including phenoxy) is 1. The number of anilines is 4. The van der Waals surface area contributed by atoms with Crippen molar-refractivity contribution >= 4 is 23.4 Å². The van der Waals surface area contributed by atoms with Gasteiger partial charge in [0.05, 0.1) is 25.5 Å². The van der Waals surface area contributed by atoms with Crippen LogP contribution in [0.4, 0.5) is 23.4 Å². The summed E-state index contributed by atoms with van der Waals surface area (Å²) in [5, 5.41) is 18.2. The quantitative estimate of drug-likeness (QED) is 0.500. The van der Waals surface area contributed by atoms with Crippen LogP contribution >= 0.6 is 0 Å². The van der Waals surface area contributed by atoms with Crippen LogP contribution in [0.15, 0.2) is 22.7 Å². The highest BCUT2D eigenvalue weighted by Gasteiger charge is 2.25. The lowest BCUT2D eigenvalue weighted by Crippen LogP contribution is -2.37. The lowest BCUT2D eigenvalue weighted by Gasteiger charge is -2.28. The number of rotatable bonds is 8. The van der Waals surface area contributed by atoms with Crippen LogP contribution < -0.4 is 15.5 Å². The van der Waals surface area contributed by atoms with Crippen LogP contribution in [0, 0.1) is 0 Å². The first-order valence-electron chi connectivity index (χ1n) is 10.9. The van der Waals surface area contributed by atoms with Crippen LogP contribution in [-0.4, -0.2) is 51.6 Å². The average molecular weight is 425 g/mol. The summed E-state index contributed by atoms with van der Waals surface area (Å²) in [4.78, 5) is 11.6. The maximum atomic E-state index is 5.49. The highest BCUT2D eigenvalue weighted by atomic mass is 16.5. The molecule has 1 aliphatic heterocycles. The van der Waals surface area contributed by atoms with E-state index in [4.69, 9.17) is 14.2 Å². The van der Waals surface area contributed by atoms with E-state index < -0.39 is 0 Å². The first kappa shape index (κ1) is 19.8. The molecule has 3 aromatic rings. The minimum Gasteiger partial charge on any atom is -0.378 e. The van der Waals surface area contributed by atoms with Gasteiger partial charge in [-0.15, -0.1) is 0 Å². The highest BCUT2D eigenvalue weighted by Crippen LogP contribution is 2.39. The third kappa shape index (κ3) is 4.79. The zero-order valence-electron chi connectivity index (χ0n) is 17.9. The maximum absolute atomic E-state index is 5.49. The smallest absolute Gasteiger partial charge is 0.227 e. The second-order valence-electron chi connectivity index (χ2n) is 8.37. The molecule has 3 aromatic heterocycles. The zero-order chi connectivity index (χ0) is 21.2. The lowest BCUT2D eigenvalue weighted by atomic mass is 10.1. The first-order valence-corrected chi connectivity index (χ1v) is 10.9.